The SMILES string of the molecule is CN1CCC(Oc2ccc(CNS(=O)(=O)Cc3cccc(Cl)c3)cc2)CC1. The molecule has 5 nitrogen and oxygen atoms in total. The number of piperidine rings is 1. The van der Waals surface area contributed by atoms with Crippen LogP contribution in [0, 0.1) is 0 Å². The number of hydrogen-bond donors (Lipinski definition) is 1. The zero-order valence-corrected chi connectivity index (χ0v) is 17.0. The molecule has 0 unspecified atom stereocenters. The highest BCUT2D eigenvalue weighted by atomic mass is 35.5. The van der Waals surface area contributed by atoms with Crippen LogP contribution in [0.4, 0.5) is 0 Å². The minimum absolute atomic E-state index is 0.0924. The van der Waals surface area contributed by atoms with Crippen molar-refractivity contribution in [3.63, 3.8) is 0 Å². The van der Waals surface area contributed by atoms with Crippen LogP contribution < -0.4 is 9.46 Å². The Hall–Kier alpha value is -1.60. The molecule has 1 heterocycles. The van der Waals surface area contributed by atoms with E-state index in [0.717, 1.165) is 37.2 Å². The summed E-state index contributed by atoms with van der Waals surface area (Å²) in [7, 11) is -1.31. The van der Waals surface area contributed by atoms with Crippen LogP contribution in [0.2, 0.25) is 5.02 Å². The zero-order valence-electron chi connectivity index (χ0n) is 15.4. The average molecular weight is 409 g/mol. The highest BCUT2D eigenvalue weighted by Crippen LogP contribution is 2.19. The first-order valence-corrected chi connectivity index (χ1v) is 11.1. The van der Waals surface area contributed by atoms with Crippen molar-refractivity contribution in [2.24, 2.45) is 0 Å². The van der Waals surface area contributed by atoms with E-state index in [1.54, 1.807) is 24.3 Å². The number of ether oxygens (including phenoxy) is 1. The predicted octanol–water partition coefficient (Wildman–Crippen LogP) is 3.43. The first-order valence-electron chi connectivity index (χ1n) is 9.05. The molecule has 0 saturated carbocycles. The van der Waals surface area contributed by atoms with Gasteiger partial charge < -0.3 is 9.64 Å². The monoisotopic (exact) mass is 408 g/mol. The highest BCUT2D eigenvalue weighted by Gasteiger charge is 2.18. The fraction of sp³-hybridized carbons (Fsp3) is 0.400. The Bertz CT molecular complexity index is 848. The first kappa shape index (κ1) is 20.1. The number of nitrogens with one attached hydrogen (secondary N) is 1. The van der Waals surface area contributed by atoms with Crippen molar-refractivity contribution >= 4 is 21.6 Å². The number of likely N-dealkylation sites (tertiary alicyclic amines) is 1. The first-order chi connectivity index (χ1) is 12.9. The van der Waals surface area contributed by atoms with E-state index in [9.17, 15) is 8.42 Å². The van der Waals surface area contributed by atoms with Gasteiger partial charge in [0.15, 0.2) is 0 Å². The fourth-order valence-electron chi connectivity index (χ4n) is 3.07. The lowest BCUT2D eigenvalue weighted by atomic mass is 10.1. The maximum absolute atomic E-state index is 12.3. The van der Waals surface area contributed by atoms with Crippen molar-refractivity contribution in [2.75, 3.05) is 20.1 Å². The Morgan fingerprint density at radius 3 is 2.48 bits per heavy atom. The summed E-state index contributed by atoms with van der Waals surface area (Å²) in [6.07, 6.45) is 2.31. The van der Waals surface area contributed by atoms with Gasteiger partial charge in [-0.1, -0.05) is 35.9 Å². The third-order valence-corrected chi connectivity index (χ3v) is 6.17. The van der Waals surface area contributed by atoms with E-state index in [0.29, 0.717) is 10.6 Å². The summed E-state index contributed by atoms with van der Waals surface area (Å²) in [5, 5.41) is 0.530. The summed E-state index contributed by atoms with van der Waals surface area (Å²) in [6, 6.07) is 14.5. The Morgan fingerprint density at radius 2 is 1.81 bits per heavy atom. The molecule has 0 aliphatic carbocycles. The van der Waals surface area contributed by atoms with Gasteiger partial charge >= 0.3 is 0 Å². The molecule has 2 aromatic carbocycles. The van der Waals surface area contributed by atoms with E-state index in [4.69, 9.17) is 16.3 Å². The number of sulfonamides is 1. The maximum Gasteiger partial charge on any atom is 0.216 e. The summed E-state index contributed by atoms with van der Waals surface area (Å²) in [5.41, 5.74) is 1.55. The quantitative estimate of drug-likeness (QED) is 0.762. The number of halogens is 1. The van der Waals surface area contributed by atoms with E-state index < -0.39 is 10.0 Å². The molecule has 1 fully saturated rings. The van der Waals surface area contributed by atoms with Gasteiger partial charge in [0.2, 0.25) is 10.0 Å². The van der Waals surface area contributed by atoms with Crippen molar-refractivity contribution in [3.8, 4) is 5.75 Å². The lowest BCUT2D eigenvalue weighted by Crippen LogP contribution is -2.35. The van der Waals surface area contributed by atoms with E-state index in [1.807, 2.05) is 24.3 Å². The minimum atomic E-state index is -3.43. The summed E-state index contributed by atoms with van der Waals surface area (Å²) in [5.74, 6) is 0.736. The van der Waals surface area contributed by atoms with Gasteiger partial charge in [-0.2, -0.15) is 0 Å². The molecule has 0 amide bonds. The fourth-order valence-corrected chi connectivity index (χ4v) is 4.39. The van der Waals surface area contributed by atoms with Crippen LogP contribution in [0.1, 0.15) is 24.0 Å². The predicted molar refractivity (Wildman–Crippen MR) is 109 cm³/mol. The number of rotatable bonds is 7. The van der Waals surface area contributed by atoms with Crippen molar-refractivity contribution in [3.05, 3.63) is 64.7 Å². The van der Waals surface area contributed by atoms with Gasteiger partial charge in [0.25, 0.3) is 0 Å². The van der Waals surface area contributed by atoms with E-state index in [2.05, 4.69) is 16.7 Å². The van der Waals surface area contributed by atoms with Crippen molar-refractivity contribution in [1.82, 2.24) is 9.62 Å². The van der Waals surface area contributed by atoms with Crippen molar-refractivity contribution in [1.29, 1.82) is 0 Å². The molecule has 3 rings (SSSR count). The third-order valence-electron chi connectivity index (χ3n) is 4.63. The molecular weight excluding hydrogens is 384 g/mol. The zero-order chi connectivity index (χ0) is 19.3. The van der Waals surface area contributed by atoms with Gasteiger partial charge in [-0.3, -0.25) is 0 Å². The number of benzene rings is 2. The average Bonchev–Trinajstić information content (AvgIpc) is 2.63. The molecule has 1 aliphatic rings. The van der Waals surface area contributed by atoms with Crippen LogP contribution in [0.25, 0.3) is 0 Å². The molecule has 7 heteroatoms. The molecule has 1 N–H and O–H groups in total. The molecule has 0 aromatic heterocycles. The van der Waals surface area contributed by atoms with Crippen LogP contribution in [0.15, 0.2) is 48.5 Å². The molecule has 27 heavy (non-hydrogen) atoms. The Morgan fingerprint density at radius 1 is 1.11 bits per heavy atom. The second-order valence-electron chi connectivity index (χ2n) is 6.97. The van der Waals surface area contributed by atoms with Gasteiger partial charge in [0.05, 0.1) is 5.75 Å². The summed E-state index contributed by atoms with van der Waals surface area (Å²) < 4.78 is 33.2. The molecule has 0 atom stereocenters. The van der Waals surface area contributed by atoms with E-state index in [1.165, 1.54) is 0 Å². The largest absolute Gasteiger partial charge is 0.490 e. The summed E-state index contributed by atoms with van der Waals surface area (Å²) in [4.78, 5) is 2.30. The molecule has 1 aliphatic heterocycles. The summed E-state index contributed by atoms with van der Waals surface area (Å²) in [6.45, 7) is 2.35. The third kappa shape index (κ3) is 6.50. The molecule has 1 saturated heterocycles. The normalized spacial score (nSPS) is 16.4. The lowest BCUT2D eigenvalue weighted by molar-refractivity contribution is 0.114. The standard InChI is InChI=1S/C20H25ClN2O3S/c1-23-11-9-20(10-12-23)26-19-7-5-16(6-8-19)14-22-27(24,25)15-17-3-2-4-18(21)13-17/h2-8,13,20,22H,9-12,14-15H2,1H3. The number of nitrogens with zero attached hydrogens (tertiary/aromatic N) is 1. The molecule has 0 spiro atoms. The molecule has 2 aromatic rings. The Kier molecular flexibility index (Phi) is 6.76. The highest BCUT2D eigenvalue weighted by molar-refractivity contribution is 7.88. The van der Waals surface area contributed by atoms with Crippen LogP contribution in [-0.4, -0.2) is 39.6 Å². The van der Waals surface area contributed by atoms with Gasteiger partial charge in [-0.25, -0.2) is 13.1 Å². The Labute approximate surface area is 166 Å². The second kappa shape index (κ2) is 9.06. The number of hydrogen-bond acceptors (Lipinski definition) is 4. The molecule has 0 radical (unpaired) electrons. The summed E-state index contributed by atoms with van der Waals surface area (Å²) >= 11 is 5.91. The van der Waals surface area contributed by atoms with Gasteiger partial charge in [-0.15, -0.1) is 0 Å². The van der Waals surface area contributed by atoms with Gasteiger partial charge in [0, 0.05) is 24.7 Å². The van der Waals surface area contributed by atoms with Crippen molar-refractivity contribution < 1.29 is 13.2 Å². The van der Waals surface area contributed by atoms with Gasteiger partial charge in [-0.05, 0) is 55.3 Å². The lowest BCUT2D eigenvalue weighted by Gasteiger charge is -2.29. The topological polar surface area (TPSA) is 58.6 Å². The smallest absolute Gasteiger partial charge is 0.216 e. The maximum atomic E-state index is 12.3. The van der Waals surface area contributed by atoms with Crippen LogP contribution >= 0.6 is 11.6 Å². The van der Waals surface area contributed by atoms with Crippen LogP contribution in [0.5, 0.6) is 5.75 Å². The van der Waals surface area contributed by atoms with E-state index in [-0.39, 0.29) is 18.4 Å². The second-order valence-corrected chi connectivity index (χ2v) is 9.22. The van der Waals surface area contributed by atoms with E-state index >= 15 is 0 Å². The molecule has 146 valence electrons. The molecular formula is C20H25ClN2O3S. The van der Waals surface area contributed by atoms with Crippen LogP contribution in [0.3, 0.4) is 0 Å². The Balaban J connectivity index is 1.50. The van der Waals surface area contributed by atoms with Crippen LogP contribution in [-0.2, 0) is 22.3 Å². The van der Waals surface area contributed by atoms with Crippen molar-refractivity contribution in [2.45, 2.75) is 31.2 Å². The molecule has 0 bridgehead atoms. The minimum Gasteiger partial charge on any atom is -0.490 e. The van der Waals surface area contributed by atoms with Gasteiger partial charge in [0.1, 0.15) is 11.9 Å².